The average molecular weight is 349 g/mol. The maximum absolute atomic E-state index is 13.0. The van der Waals surface area contributed by atoms with Crippen LogP contribution in [0, 0.1) is 0 Å². The van der Waals surface area contributed by atoms with E-state index in [-0.39, 0.29) is 11.1 Å². The van der Waals surface area contributed by atoms with Gasteiger partial charge in [-0.3, -0.25) is 4.79 Å². The molecule has 0 atom stereocenters. The number of rotatable bonds is 3. The monoisotopic (exact) mass is 349 g/mol. The molecule has 4 nitrogen and oxygen atoms in total. The quantitative estimate of drug-likeness (QED) is 0.844. The number of alkyl halides is 3. The number of nitrogens with one attached hydrogen (secondary N) is 1. The van der Waals surface area contributed by atoms with Crippen LogP contribution in [0.2, 0.25) is 0 Å². The van der Waals surface area contributed by atoms with Crippen LogP contribution in [-0.4, -0.2) is 20.1 Å². The Morgan fingerprint density at radius 1 is 1.04 bits per heavy atom. The van der Waals surface area contributed by atoms with Gasteiger partial charge in [-0.2, -0.15) is 13.2 Å². The van der Waals surface area contributed by atoms with E-state index in [0.29, 0.717) is 22.7 Å². The zero-order valence-corrected chi connectivity index (χ0v) is 13.4. The molecule has 1 aliphatic heterocycles. The fraction of sp³-hybridized carbons (Fsp3) is 0.167. The number of fused-ring (bicyclic) bond motifs is 1. The van der Waals surface area contributed by atoms with Crippen molar-refractivity contribution in [2.45, 2.75) is 6.18 Å². The lowest BCUT2D eigenvalue weighted by atomic mass is 10.0. The van der Waals surface area contributed by atoms with Gasteiger partial charge in [0.25, 0.3) is 5.91 Å². The van der Waals surface area contributed by atoms with Gasteiger partial charge in [-0.25, -0.2) is 0 Å². The highest BCUT2D eigenvalue weighted by Gasteiger charge is 2.33. The van der Waals surface area contributed by atoms with Crippen LogP contribution in [0.5, 0.6) is 11.5 Å². The minimum Gasteiger partial charge on any atom is -0.497 e. The first-order chi connectivity index (χ1) is 11.8. The summed E-state index contributed by atoms with van der Waals surface area (Å²) in [6.07, 6.45) is -3.00. The van der Waals surface area contributed by atoms with Crippen molar-refractivity contribution in [3.8, 4) is 11.5 Å². The smallest absolute Gasteiger partial charge is 0.416 e. The molecule has 130 valence electrons. The van der Waals surface area contributed by atoms with Gasteiger partial charge >= 0.3 is 6.18 Å². The molecule has 0 aliphatic carbocycles. The van der Waals surface area contributed by atoms with Gasteiger partial charge in [0.2, 0.25) is 0 Å². The van der Waals surface area contributed by atoms with Crippen LogP contribution in [0.15, 0.2) is 36.4 Å². The number of methoxy groups -OCH3 is 2. The number of ether oxygens (including phenoxy) is 2. The van der Waals surface area contributed by atoms with Crippen molar-refractivity contribution >= 4 is 23.2 Å². The van der Waals surface area contributed by atoms with E-state index in [2.05, 4.69) is 5.32 Å². The third-order valence-electron chi connectivity index (χ3n) is 3.87. The van der Waals surface area contributed by atoms with Crippen molar-refractivity contribution in [1.82, 2.24) is 0 Å². The summed E-state index contributed by atoms with van der Waals surface area (Å²) in [5.41, 5.74) is 0.381. The Morgan fingerprint density at radius 3 is 2.44 bits per heavy atom. The Bertz CT molecular complexity index is 872. The molecule has 0 saturated carbocycles. The predicted octanol–water partition coefficient (Wildman–Crippen LogP) is 4.22. The summed E-state index contributed by atoms with van der Waals surface area (Å²) >= 11 is 0. The summed E-state index contributed by atoms with van der Waals surface area (Å²) in [5, 5.41) is 2.57. The highest BCUT2D eigenvalue weighted by molar-refractivity contribution is 6.35. The molecule has 0 fully saturated rings. The van der Waals surface area contributed by atoms with Gasteiger partial charge in [0.05, 0.1) is 19.8 Å². The number of anilines is 1. The van der Waals surface area contributed by atoms with Crippen LogP contribution in [0.4, 0.5) is 18.9 Å². The molecule has 1 heterocycles. The third-order valence-corrected chi connectivity index (χ3v) is 3.87. The van der Waals surface area contributed by atoms with Crippen LogP contribution in [0.3, 0.4) is 0 Å². The van der Waals surface area contributed by atoms with Gasteiger partial charge in [-0.1, -0.05) is 0 Å². The standard InChI is InChI=1S/C18H14F3NO3/c1-24-12-4-6-16(25-2)10(7-12)8-14-13-9-11(18(19,20)21)3-5-15(13)22-17(14)23/h3-9H,1-2H3,(H,22,23)/b14-8+. The van der Waals surface area contributed by atoms with E-state index < -0.39 is 17.6 Å². The van der Waals surface area contributed by atoms with Gasteiger partial charge in [-0.15, -0.1) is 0 Å². The largest absolute Gasteiger partial charge is 0.497 e. The molecule has 1 aliphatic rings. The maximum atomic E-state index is 13.0. The maximum Gasteiger partial charge on any atom is 0.416 e. The zero-order chi connectivity index (χ0) is 18.2. The molecule has 0 bridgehead atoms. The number of hydrogen-bond donors (Lipinski definition) is 1. The molecule has 25 heavy (non-hydrogen) atoms. The first kappa shape index (κ1) is 16.9. The molecule has 0 radical (unpaired) electrons. The van der Waals surface area contributed by atoms with Crippen LogP contribution < -0.4 is 14.8 Å². The third kappa shape index (κ3) is 3.17. The normalized spacial score (nSPS) is 15.1. The zero-order valence-electron chi connectivity index (χ0n) is 13.4. The molecule has 0 spiro atoms. The van der Waals surface area contributed by atoms with E-state index in [4.69, 9.17) is 9.47 Å². The second-order valence-electron chi connectivity index (χ2n) is 5.38. The molecule has 7 heteroatoms. The van der Waals surface area contributed by atoms with Crippen molar-refractivity contribution < 1.29 is 27.4 Å². The summed E-state index contributed by atoms with van der Waals surface area (Å²) in [6, 6.07) is 8.14. The van der Waals surface area contributed by atoms with Crippen molar-refractivity contribution in [3.05, 3.63) is 53.1 Å². The van der Waals surface area contributed by atoms with E-state index in [1.807, 2.05) is 0 Å². The van der Waals surface area contributed by atoms with Gasteiger partial charge < -0.3 is 14.8 Å². The number of amides is 1. The SMILES string of the molecule is COc1ccc(OC)c(/C=C2/C(=O)Nc3ccc(C(F)(F)F)cc32)c1. The molecule has 1 amide bonds. The molecule has 0 unspecified atom stereocenters. The number of carbonyl (C=O) groups is 1. The van der Waals surface area contributed by atoms with E-state index in [9.17, 15) is 18.0 Å². The highest BCUT2D eigenvalue weighted by Crippen LogP contribution is 2.39. The highest BCUT2D eigenvalue weighted by atomic mass is 19.4. The predicted molar refractivity (Wildman–Crippen MR) is 87.5 cm³/mol. The fourth-order valence-corrected chi connectivity index (χ4v) is 2.62. The topological polar surface area (TPSA) is 47.6 Å². The lowest BCUT2D eigenvalue weighted by Gasteiger charge is -2.09. The van der Waals surface area contributed by atoms with Gasteiger partial charge in [0, 0.05) is 22.4 Å². The minimum atomic E-state index is -4.49. The summed E-state index contributed by atoms with van der Waals surface area (Å²) in [7, 11) is 2.96. The Hall–Kier alpha value is -2.96. The van der Waals surface area contributed by atoms with Crippen LogP contribution in [-0.2, 0) is 11.0 Å². The molecular weight excluding hydrogens is 335 g/mol. The van der Waals surface area contributed by atoms with Crippen molar-refractivity contribution in [2.75, 3.05) is 19.5 Å². The lowest BCUT2D eigenvalue weighted by Crippen LogP contribution is -2.04. The molecule has 2 aromatic rings. The Labute approximate surface area is 141 Å². The first-order valence-electron chi connectivity index (χ1n) is 7.30. The summed E-state index contributed by atoms with van der Waals surface area (Å²) in [5.74, 6) is 0.538. The second-order valence-corrected chi connectivity index (χ2v) is 5.38. The van der Waals surface area contributed by atoms with Crippen LogP contribution in [0.1, 0.15) is 16.7 Å². The number of carbonyl (C=O) groups excluding carboxylic acids is 1. The van der Waals surface area contributed by atoms with E-state index >= 15 is 0 Å². The first-order valence-corrected chi connectivity index (χ1v) is 7.30. The molecule has 0 aromatic heterocycles. The van der Waals surface area contributed by atoms with E-state index in [0.717, 1.165) is 12.1 Å². The van der Waals surface area contributed by atoms with Gasteiger partial charge in [0.15, 0.2) is 0 Å². The summed E-state index contributed by atoms with van der Waals surface area (Å²) in [6.45, 7) is 0. The Kier molecular flexibility index (Phi) is 4.16. The molecule has 3 rings (SSSR count). The minimum absolute atomic E-state index is 0.132. The van der Waals surface area contributed by atoms with E-state index in [1.54, 1.807) is 18.2 Å². The molecule has 2 aromatic carbocycles. The van der Waals surface area contributed by atoms with Gasteiger partial charge in [0.1, 0.15) is 11.5 Å². The van der Waals surface area contributed by atoms with Gasteiger partial charge in [-0.05, 0) is 42.5 Å². The average Bonchev–Trinajstić information content (AvgIpc) is 2.89. The Balaban J connectivity index is 2.13. The number of halogens is 3. The molecule has 1 N–H and O–H groups in total. The fourth-order valence-electron chi connectivity index (χ4n) is 2.62. The molecular formula is C18H14F3NO3. The Morgan fingerprint density at radius 2 is 1.80 bits per heavy atom. The summed E-state index contributed by atoms with van der Waals surface area (Å²) in [4.78, 5) is 12.2. The number of hydrogen-bond acceptors (Lipinski definition) is 3. The van der Waals surface area contributed by atoms with E-state index in [1.165, 1.54) is 26.4 Å². The molecule has 0 saturated heterocycles. The van der Waals surface area contributed by atoms with Crippen LogP contribution >= 0.6 is 0 Å². The lowest BCUT2D eigenvalue weighted by molar-refractivity contribution is -0.137. The van der Waals surface area contributed by atoms with Crippen molar-refractivity contribution in [3.63, 3.8) is 0 Å². The number of benzene rings is 2. The van der Waals surface area contributed by atoms with Crippen molar-refractivity contribution in [1.29, 1.82) is 0 Å². The van der Waals surface area contributed by atoms with Crippen molar-refractivity contribution in [2.24, 2.45) is 0 Å². The second kappa shape index (κ2) is 6.16. The van der Waals surface area contributed by atoms with Crippen LogP contribution in [0.25, 0.3) is 11.6 Å². The summed E-state index contributed by atoms with van der Waals surface area (Å²) < 4.78 is 49.3.